The number of carbonyl (C=O) groups is 1. The molecule has 0 spiro atoms. The fourth-order valence-electron chi connectivity index (χ4n) is 4.83. The summed E-state index contributed by atoms with van der Waals surface area (Å²) in [7, 11) is 0. The van der Waals surface area contributed by atoms with Crippen molar-refractivity contribution in [1.29, 1.82) is 0 Å². The van der Waals surface area contributed by atoms with E-state index in [0.29, 0.717) is 24.3 Å². The standard InChI is InChI=1S/C19H25ClN2O2/c20-22-11-16-15(17(16)12-22)10-21-18(23)19(24,14-8-4-5-9-14)13-6-2-1-3-7-13/h1-3,6-7,14-17,24H,4-5,8-12H2,(H,21,23). The summed E-state index contributed by atoms with van der Waals surface area (Å²) >= 11 is 6.01. The fourth-order valence-corrected chi connectivity index (χ4v) is 5.15. The van der Waals surface area contributed by atoms with Gasteiger partial charge in [0.15, 0.2) is 5.60 Å². The van der Waals surface area contributed by atoms with E-state index in [2.05, 4.69) is 5.32 Å². The quantitative estimate of drug-likeness (QED) is 0.804. The van der Waals surface area contributed by atoms with Crippen LogP contribution in [-0.2, 0) is 10.4 Å². The Balaban J connectivity index is 1.46. The van der Waals surface area contributed by atoms with Gasteiger partial charge in [-0.05, 0) is 47.9 Å². The third-order valence-corrected chi connectivity index (χ3v) is 6.61. The molecule has 0 radical (unpaired) electrons. The Bertz CT molecular complexity index is 593. The van der Waals surface area contributed by atoms with E-state index in [1.54, 1.807) is 0 Å². The first-order chi connectivity index (χ1) is 11.6. The van der Waals surface area contributed by atoms with E-state index in [9.17, 15) is 9.90 Å². The van der Waals surface area contributed by atoms with Gasteiger partial charge in [-0.2, -0.15) is 0 Å². The first-order valence-corrected chi connectivity index (χ1v) is 9.41. The minimum atomic E-state index is -1.40. The van der Waals surface area contributed by atoms with Gasteiger partial charge in [0.1, 0.15) is 0 Å². The lowest BCUT2D eigenvalue weighted by atomic mass is 9.79. The Hall–Kier alpha value is -1.10. The molecule has 1 saturated heterocycles. The van der Waals surface area contributed by atoms with E-state index in [4.69, 9.17) is 11.8 Å². The molecule has 1 aliphatic heterocycles. The Labute approximate surface area is 148 Å². The summed E-state index contributed by atoms with van der Waals surface area (Å²) in [6.07, 6.45) is 4.00. The van der Waals surface area contributed by atoms with Crippen LogP contribution in [0.1, 0.15) is 31.2 Å². The predicted octanol–water partition coefficient (Wildman–Crippen LogP) is 2.51. The first kappa shape index (κ1) is 16.4. The number of hydrogen-bond donors (Lipinski definition) is 2. The van der Waals surface area contributed by atoms with Crippen LogP contribution in [0.4, 0.5) is 0 Å². The molecule has 24 heavy (non-hydrogen) atoms. The van der Waals surface area contributed by atoms with E-state index >= 15 is 0 Å². The molecule has 3 atom stereocenters. The smallest absolute Gasteiger partial charge is 0.256 e. The number of halogens is 1. The number of nitrogens with one attached hydrogen (secondary N) is 1. The maximum Gasteiger partial charge on any atom is 0.256 e. The first-order valence-electron chi connectivity index (χ1n) is 9.07. The van der Waals surface area contributed by atoms with Crippen molar-refractivity contribution in [2.45, 2.75) is 31.3 Å². The summed E-state index contributed by atoms with van der Waals surface area (Å²) in [6, 6.07) is 9.44. The second-order valence-corrected chi connectivity index (χ2v) is 8.12. The highest BCUT2D eigenvalue weighted by Gasteiger charge is 2.55. The number of fused-ring (bicyclic) bond motifs is 1. The number of rotatable bonds is 5. The second kappa shape index (κ2) is 6.32. The summed E-state index contributed by atoms with van der Waals surface area (Å²) in [5, 5.41) is 14.4. The molecule has 2 aliphatic carbocycles. The van der Waals surface area contributed by atoms with Gasteiger partial charge in [0, 0.05) is 25.6 Å². The monoisotopic (exact) mass is 348 g/mol. The number of amides is 1. The number of nitrogens with zero attached hydrogens (tertiary/aromatic N) is 1. The van der Waals surface area contributed by atoms with Crippen LogP contribution in [0.5, 0.6) is 0 Å². The molecule has 3 aliphatic rings. The van der Waals surface area contributed by atoms with Crippen molar-refractivity contribution in [2.24, 2.45) is 23.7 Å². The van der Waals surface area contributed by atoms with E-state index in [0.717, 1.165) is 44.3 Å². The lowest BCUT2D eigenvalue weighted by Gasteiger charge is -2.33. The Morgan fingerprint density at radius 2 is 1.83 bits per heavy atom. The van der Waals surface area contributed by atoms with Gasteiger partial charge in [-0.15, -0.1) is 0 Å². The van der Waals surface area contributed by atoms with E-state index in [1.165, 1.54) is 0 Å². The average molecular weight is 349 g/mol. The van der Waals surface area contributed by atoms with Crippen molar-refractivity contribution < 1.29 is 9.90 Å². The molecule has 0 bridgehead atoms. The molecule has 5 heteroatoms. The number of piperidine rings is 1. The van der Waals surface area contributed by atoms with Crippen LogP contribution in [-0.4, -0.2) is 35.1 Å². The van der Waals surface area contributed by atoms with Crippen LogP contribution in [0.15, 0.2) is 30.3 Å². The molecule has 2 N–H and O–H groups in total. The molecule has 0 aromatic heterocycles. The summed E-state index contributed by atoms with van der Waals surface area (Å²) in [4.78, 5) is 13.0. The highest BCUT2D eigenvalue weighted by Crippen LogP contribution is 2.51. The zero-order chi connectivity index (χ0) is 16.7. The van der Waals surface area contributed by atoms with Gasteiger partial charge in [-0.25, -0.2) is 4.42 Å². The Morgan fingerprint density at radius 3 is 2.46 bits per heavy atom. The van der Waals surface area contributed by atoms with Gasteiger partial charge in [-0.3, -0.25) is 4.79 Å². The minimum Gasteiger partial charge on any atom is -0.375 e. The van der Waals surface area contributed by atoms with Gasteiger partial charge in [0.25, 0.3) is 5.91 Å². The van der Waals surface area contributed by atoms with E-state index in [-0.39, 0.29) is 11.8 Å². The SMILES string of the molecule is O=C(NCC1C2CN(Cl)CC12)C(O)(c1ccccc1)C1CCCC1. The molecule has 1 amide bonds. The molecule has 3 unspecified atom stereocenters. The van der Waals surface area contributed by atoms with E-state index < -0.39 is 5.60 Å². The zero-order valence-electron chi connectivity index (χ0n) is 13.8. The summed E-state index contributed by atoms with van der Waals surface area (Å²) < 4.78 is 1.84. The predicted molar refractivity (Wildman–Crippen MR) is 93.2 cm³/mol. The van der Waals surface area contributed by atoms with Crippen molar-refractivity contribution in [3.05, 3.63) is 35.9 Å². The van der Waals surface area contributed by atoms with Crippen LogP contribution in [0.2, 0.25) is 0 Å². The average Bonchev–Trinajstić information content (AvgIpc) is 3.03. The fraction of sp³-hybridized carbons (Fsp3) is 0.632. The third kappa shape index (κ3) is 2.75. The third-order valence-electron chi connectivity index (χ3n) is 6.33. The highest BCUT2D eigenvalue weighted by molar-refractivity contribution is 6.13. The molecule has 1 heterocycles. The molecule has 1 aromatic carbocycles. The highest BCUT2D eigenvalue weighted by atomic mass is 35.5. The summed E-state index contributed by atoms with van der Waals surface area (Å²) in [6.45, 7) is 2.48. The maximum absolute atomic E-state index is 13.0. The number of aliphatic hydroxyl groups is 1. The van der Waals surface area contributed by atoms with Crippen molar-refractivity contribution in [3.8, 4) is 0 Å². The Kier molecular flexibility index (Phi) is 4.31. The van der Waals surface area contributed by atoms with Crippen LogP contribution in [0.25, 0.3) is 0 Å². The lowest BCUT2D eigenvalue weighted by molar-refractivity contribution is -0.147. The molecule has 130 valence electrons. The maximum atomic E-state index is 13.0. The zero-order valence-corrected chi connectivity index (χ0v) is 14.6. The van der Waals surface area contributed by atoms with Gasteiger partial charge in [0.2, 0.25) is 0 Å². The van der Waals surface area contributed by atoms with Crippen LogP contribution in [0, 0.1) is 23.7 Å². The van der Waals surface area contributed by atoms with Gasteiger partial charge < -0.3 is 10.4 Å². The number of carbonyl (C=O) groups excluding carboxylic acids is 1. The van der Waals surface area contributed by atoms with Crippen molar-refractivity contribution in [3.63, 3.8) is 0 Å². The van der Waals surface area contributed by atoms with Gasteiger partial charge in [0.05, 0.1) is 0 Å². The van der Waals surface area contributed by atoms with Crippen molar-refractivity contribution in [1.82, 2.24) is 9.74 Å². The topological polar surface area (TPSA) is 52.6 Å². The van der Waals surface area contributed by atoms with Crippen LogP contribution >= 0.6 is 11.8 Å². The number of hydrogen-bond acceptors (Lipinski definition) is 3. The molecule has 4 nitrogen and oxygen atoms in total. The molecular formula is C19H25ClN2O2. The van der Waals surface area contributed by atoms with Gasteiger partial charge >= 0.3 is 0 Å². The lowest BCUT2D eigenvalue weighted by Crippen LogP contribution is -2.49. The second-order valence-electron chi connectivity index (χ2n) is 7.64. The van der Waals surface area contributed by atoms with Crippen molar-refractivity contribution >= 4 is 17.7 Å². The summed E-state index contributed by atoms with van der Waals surface area (Å²) in [5.41, 5.74) is -0.683. The number of benzene rings is 1. The van der Waals surface area contributed by atoms with Crippen LogP contribution in [0.3, 0.4) is 0 Å². The van der Waals surface area contributed by atoms with Crippen LogP contribution < -0.4 is 5.32 Å². The molecule has 1 aromatic rings. The molecule has 3 fully saturated rings. The Morgan fingerprint density at radius 1 is 1.21 bits per heavy atom. The van der Waals surface area contributed by atoms with Crippen molar-refractivity contribution in [2.75, 3.05) is 19.6 Å². The molecule has 2 saturated carbocycles. The molecular weight excluding hydrogens is 324 g/mol. The summed E-state index contributed by atoms with van der Waals surface area (Å²) in [5.74, 6) is 1.52. The van der Waals surface area contributed by atoms with Gasteiger partial charge in [-0.1, -0.05) is 43.2 Å². The van der Waals surface area contributed by atoms with E-state index in [1.807, 2.05) is 34.8 Å². The minimum absolute atomic E-state index is 0.0111. The molecule has 4 rings (SSSR count). The largest absolute Gasteiger partial charge is 0.375 e. The normalized spacial score (nSPS) is 32.3.